The van der Waals surface area contributed by atoms with Gasteiger partial charge in [-0.1, -0.05) is 6.92 Å². The van der Waals surface area contributed by atoms with Crippen molar-refractivity contribution < 1.29 is 8.83 Å². The van der Waals surface area contributed by atoms with Crippen molar-refractivity contribution in [1.82, 2.24) is 0 Å². The zero-order chi connectivity index (χ0) is 8.27. The van der Waals surface area contributed by atoms with Gasteiger partial charge < -0.3 is 8.83 Å². The molecule has 0 atom stereocenters. The predicted octanol–water partition coefficient (Wildman–Crippen LogP) is 1.56. The van der Waals surface area contributed by atoms with Crippen molar-refractivity contribution >= 4 is 0 Å². The number of hydrogen-bond acceptors (Lipinski definition) is 3. The van der Waals surface area contributed by atoms with Crippen LogP contribution in [0.1, 0.15) is 24.9 Å². The molecule has 0 N–H and O–H groups in total. The van der Waals surface area contributed by atoms with Crippen molar-refractivity contribution in [3.8, 4) is 0 Å². The minimum absolute atomic E-state index is 0.473. The third-order valence-corrected chi connectivity index (χ3v) is 1.43. The van der Waals surface area contributed by atoms with Gasteiger partial charge in [0.25, 0.3) is 0 Å². The van der Waals surface area contributed by atoms with Gasteiger partial charge in [0.15, 0.2) is 0 Å². The Morgan fingerprint density at radius 2 is 2.00 bits per heavy atom. The molecule has 0 saturated carbocycles. The third kappa shape index (κ3) is 1.73. The Hall–Kier alpha value is -0.990. The normalized spacial score (nSPS) is 10.4. The average molecular weight is 155 g/mol. The molecule has 0 aliphatic carbocycles. The molecular formula is C8H11O3. The average Bonchev–Trinajstić information content (AvgIpc) is 2.32. The summed E-state index contributed by atoms with van der Waals surface area (Å²) in [5, 5.41) is 0. The van der Waals surface area contributed by atoms with Gasteiger partial charge in [0.2, 0.25) is 0 Å². The Morgan fingerprint density at radius 3 is 2.55 bits per heavy atom. The lowest BCUT2D eigenvalue weighted by Crippen LogP contribution is -1.86. The summed E-state index contributed by atoms with van der Waals surface area (Å²) in [6.07, 6.45) is 2.16. The zero-order valence-corrected chi connectivity index (χ0v) is 6.55. The van der Waals surface area contributed by atoms with Crippen LogP contribution in [0.2, 0.25) is 0 Å². The molecular weight excluding hydrogens is 144 g/mol. The summed E-state index contributed by atoms with van der Waals surface area (Å²) < 4.78 is 9.52. The topological polar surface area (TPSA) is 43.4 Å². The van der Waals surface area contributed by atoms with E-state index in [2.05, 4.69) is 6.92 Å². The summed E-state index contributed by atoms with van der Waals surface area (Å²) in [4.78, 5) is 10.6. The first kappa shape index (κ1) is 8.11. The monoisotopic (exact) mass is 155 g/mol. The third-order valence-electron chi connectivity index (χ3n) is 1.43. The Morgan fingerprint density at radius 1 is 1.36 bits per heavy atom. The summed E-state index contributed by atoms with van der Waals surface area (Å²) in [5.74, 6) is 0.608. The molecule has 3 nitrogen and oxygen atoms in total. The first-order valence-electron chi connectivity index (χ1n) is 3.68. The van der Waals surface area contributed by atoms with Crippen molar-refractivity contribution in [3.05, 3.63) is 29.1 Å². The molecule has 0 aliphatic rings. The van der Waals surface area contributed by atoms with Crippen LogP contribution in [0.25, 0.3) is 0 Å². The van der Waals surface area contributed by atoms with Crippen LogP contribution in [0.3, 0.4) is 0 Å². The fraction of sp³-hybridized carbons (Fsp3) is 0.500. The minimum atomic E-state index is -0.618. The molecule has 0 aliphatic heterocycles. The summed E-state index contributed by atoms with van der Waals surface area (Å²) in [5.41, 5.74) is 0. The van der Waals surface area contributed by atoms with E-state index in [1.54, 1.807) is 0 Å². The molecule has 11 heavy (non-hydrogen) atoms. The van der Waals surface area contributed by atoms with Crippen LogP contribution in [-0.4, -0.2) is 0 Å². The molecule has 1 rings (SSSR count). The van der Waals surface area contributed by atoms with Gasteiger partial charge in [-0.3, -0.25) is 0 Å². The lowest BCUT2D eigenvalue weighted by atomic mass is 10.2. The Labute approximate surface area is 65.0 Å². The van der Waals surface area contributed by atoms with E-state index in [0.29, 0.717) is 17.9 Å². The molecule has 0 amide bonds. The molecule has 1 aromatic heterocycles. The van der Waals surface area contributed by atoms with Gasteiger partial charge in [-0.15, -0.1) is 0 Å². The Kier molecular flexibility index (Phi) is 2.52. The van der Waals surface area contributed by atoms with Crippen molar-refractivity contribution in [1.29, 1.82) is 0 Å². The molecule has 0 saturated heterocycles. The summed E-state index contributed by atoms with van der Waals surface area (Å²) >= 11 is 0. The second-order valence-corrected chi connectivity index (χ2v) is 2.30. The second-order valence-electron chi connectivity index (χ2n) is 2.30. The smallest absolute Gasteiger partial charge is 0.396 e. The van der Waals surface area contributed by atoms with Gasteiger partial charge in [-0.25, -0.2) is 4.79 Å². The lowest BCUT2D eigenvalue weighted by molar-refractivity contribution is 0.367. The van der Waals surface area contributed by atoms with Crippen LogP contribution >= 0.6 is 0 Å². The fourth-order valence-electron chi connectivity index (χ4n) is 0.944. The molecule has 61 valence electrons. The van der Waals surface area contributed by atoms with E-state index in [1.165, 1.54) is 0 Å². The number of aryl methyl sites for hydroxylation is 1. The van der Waals surface area contributed by atoms with E-state index in [-0.39, 0.29) is 0 Å². The van der Waals surface area contributed by atoms with Gasteiger partial charge >= 0.3 is 5.82 Å². The van der Waals surface area contributed by atoms with Gasteiger partial charge in [0.1, 0.15) is 11.5 Å². The lowest BCUT2D eigenvalue weighted by Gasteiger charge is -1.91. The van der Waals surface area contributed by atoms with Gasteiger partial charge in [0.05, 0.1) is 0 Å². The van der Waals surface area contributed by atoms with E-state index in [4.69, 9.17) is 8.83 Å². The summed E-state index contributed by atoms with van der Waals surface area (Å²) in [6.45, 7) is 5.63. The summed E-state index contributed by atoms with van der Waals surface area (Å²) in [7, 11) is 0. The van der Waals surface area contributed by atoms with Crippen LogP contribution in [0.5, 0.6) is 0 Å². The molecule has 0 bridgehead atoms. The standard InChI is InChI=1S/C8H11O3/c1-3-5-7-6(4-2)10-8(9)11-7/h2-5H2,1H3. The SMILES string of the molecule is [CH2]Cc1oc(=O)oc1CCC. The van der Waals surface area contributed by atoms with Gasteiger partial charge in [-0.2, -0.15) is 0 Å². The van der Waals surface area contributed by atoms with Gasteiger partial charge in [-0.05, 0) is 13.3 Å². The molecule has 0 fully saturated rings. The highest BCUT2D eigenvalue weighted by Gasteiger charge is 2.08. The quantitative estimate of drug-likeness (QED) is 0.665. The van der Waals surface area contributed by atoms with E-state index >= 15 is 0 Å². The molecule has 1 heterocycles. The van der Waals surface area contributed by atoms with E-state index in [9.17, 15) is 4.79 Å². The Bertz CT molecular complexity index is 269. The predicted molar refractivity (Wildman–Crippen MR) is 40.3 cm³/mol. The van der Waals surface area contributed by atoms with E-state index in [1.807, 2.05) is 6.92 Å². The number of rotatable bonds is 3. The first-order chi connectivity index (χ1) is 5.27. The molecule has 0 aromatic carbocycles. The Balaban J connectivity index is 2.92. The highest BCUT2D eigenvalue weighted by atomic mass is 16.6. The molecule has 1 aromatic rings. The van der Waals surface area contributed by atoms with Crippen molar-refractivity contribution in [2.45, 2.75) is 26.2 Å². The maximum absolute atomic E-state index is 10.6. The molecule has 0 spiro atoms. The van der Waals surface area contributed by atoms with Crippen molar-refractivity contribution in [2.24, 2.45) is 0 Å². The van der Waals surface area contributed by atoms with Crippen molar-refractivity contribution in [2.75, 3.05) is 0 Å². The van der Waals surface area contributed by atoms with Crippen molar-refractivity contribution in [3.63, 3.8) is 0 Å². The summed E-state index contributed by atoms with van der Waals surface area (Å²) in [6, 6.07) is 0. The number of hydrogen-bond donors (Lipinski definition) is 0. The van der Waals surface area contributed by atoms with Crippen LogP contribution in [0.4, 0.5) is 0 Å². The fourth-order valence-corrected chi connectivity index (χ4v) is 0.944. The molecule has 1 radical (unpaired) electrons. The van der Waals surface area contributed by atoms with Crippen LogP contribution in [0.15, 0.2) is 13.6 Å². The highest BCUT2D eigenvalue weighted by Crippen LogP contribution is 2.09. The minimum Gasteiger partial charge on any atom is -0.396 e. The maximum atomic E-state index is 10.6. The van der Waals surface area contributed by atoms with E-state index in [0.717, 1.165) is 12.8 Å². The highest BCUT2D eigenvalue weighted by molar-refractivity contribution is 5.04. The zero-order valence-electron chi connectivity index (χ0n) is 6.55. The van der Waals surface area contributed by atoms with Crippen LogP contribution in [0, 0.1) is 6.92 Å². The van der Waals surface area contributed by atoms with Crippen LogP contribution in [-0.2, 0) is 12.8 Å². The first-order valence-corrected chi connectivity index (χ1v) is 3.68. The molecule has 3 heteroatoms. The van der Waals surface area contributed by atoms with Gasteiger partial charge in [0, 0.05) is 12.8 Å². The second kappa shape index (κ2) is 3.42. The maximum Gasteiger partial charge on any atom is 0.519 e. The molecule has 0 unspecified atom stereocenters. The largest absolute Gasteiger partial charge is 0.519 e. The van der Waals surface area contributed by atoms with E-state index < -0.39 is 5.82 Å². The van der Waals surface area contributed by atoms with Crippen LogP contribution < -0.4 is 5.82 Å².